The average molecular weight is 298 g/mol. The molecule has 0 fully saturated rings. The maximum absolute atomic E-state index is 6.14. The van der Waals surface area contributed by atoms with Crippen LogP contribution in [0.1, 0.15) is 18.1 Å². The van der Waals surface area contributed by atoms with E-state index in [0.717, 1.165) is 28.5 Å². The second kappa shape index (κ2) is 6.59. The molecule has 1 unspecified atom stereocenters. The Kier molecular flexibility index (Phi) is 4.37. The first-order chi connectivity index (χ1) is 10.4. The first-order valence-electron chi connectivity index (χ1n) is 6.98. The highest BCUT2D eigenvalue weighted by Crippen LogP contribution is 2.27. The first-order valence-corrected chi connectivity index (χ1v) is 7.51. The van der Waals surface area contributed by atoms with Crippen molar-refractivity contribution in [3.05, 3.63) is 72.6 Å². The Morgan fingerprint density at radius 3 is 2.67 bits per heavy atom. The van der Waals surface area contributed by atoms with Crippen LogP contribution in [0.15, 0.2) is 67.0 Å². The molecule has 3 aromatic rings. The lowest BCUT2D eigenvalue weighted by Gasteiger charge is -2.19. The summed E-state index contributed by atoms with van der Waals surface area (Å²) in [6.07, 6.45) is 4.40. The van der Waals surface area contributed by atoms with E-state index in [1.54, 1.807) is 6.20 Å². The fourth-order valence-electron chi connectivity index (χ4n) is 2.36. The zero-order valence-electron chi connectivity index (χ0n) is 11.6. The highest BCUT2D eigenvalue weighted by atomic mass is 35.5. The molecule has 0 bridgehead atoms. The number of fused-ring (bicyclic) bond motifs is 1. The van der Waals surface area contributed by atoms with Crippen molar-refractivity contribution in [1.82, 2.24) is 4.98 Å². The molecule has 3 heteroatoms. The smallest absolute Gasteiger partial charge is 0.125 e. The van der Waals surface area contributed by atoms with Crippen molar-refractivity contribution in [2.75, 3.05) is 5.88 Å². The summed E-state index contributed by atoms with van der Waals surface area (Å²) in [7, 11) is 0. The SMILES string of the molecule is ClCCC(Oc1ccc2cnccc2c1)c1ccccc1. The van der Waals surface area contributed by atoms with Crippen molar-refractivity contribution < 1.29 is 4.74 Å². The van der Waals surface area contributed by atoms with Gasteiger partial charge in [-0.25, -0.2) is 0 Å². The van der Waals surface area contributed by atoms with Crippen LogP contribution in [0.5, 0.6) is 5.75 Å². The van der Waals surface area contributed by atoms with Crippen molar-refractivity contribution in [3.8, 4) is 5.75 Å². The molecule has 0 amide bonds. The molecular weight excluding hydrogens is 282 g/mol. The number of ether oxygens (including phenoxy) is 1. The Morgan fingerprint density at radius 2 is 1.86 bits per heavy atom. The summed E-state index contributed by atoms with van der Waals surface area (Å²) >= 11 is 5.92. The Balaban J connectivity index is 1.87. The summed E-state index contributed by atoms with van der Waals surface area (Å²) in [6, 6.07) is 18.2. The fourth-order valence-corrected chi connectivity index (χ4v) is 2.56. The van der Waals surface area contributed by atoms with Crippen LogP contribution >= 0.6 is 11.6 Å². The minimum atomic E-state index is -0.0250. The summed E-state index contributed by atoms with van der Waals surface area (Å²) in [4.78, 5) is 4.12. The third-order valence-corrected chi connectivity index (χ3v) is 3.65. The molecule has 1 aromatic heterocycles. The van der Waals surface area contributed by atoms with Gasteiger partial charge in [-0.3, -0.25) is 4.98 Å². The van der Waals surface area contributed by atoms with Crippen LogP contribution in [-0.4, -0.2) is 10.9 Å². The van der Waals surface area contributed by atoms with Gasteiger partial charge in [-0.2, -0.15) is 0 Å². The minimum absolute atomic E-state index is 0.0250. The number of benzene rings is 2. The summed E-state index contributed by atoms with van der Waals surface area (Å²) in [5.74, 6) is 1.42. The fraction of sp³-hybridized carbons (Fsp3) is 0.167. The normalized spacial score (nSPS) is 12.2. The van der Waals surface area contributed by atoms with Crippen LogP contribution < -0.4 is 4.74 Å². The monoisotopic (exact) mass is 297 g/mol. The molecule has 0 saturated heterocycles. The Labute approximate surface area is 129 Å². The first kappa shape index (κ1) is 13.9. The second-order valence-electron chi connectivity index (χ2n) is 4.88. The Bertz CT molecular complexity index is 714. The summed E-state index contributed by atoms with van der Waals surface area (Å²) < 4.78 is 6.14. The van der Waals surface area contributed by atoms with E-state index >= 15 is 0 Å². The number of aromatic nitrogens is 1. The van der Waals surface area contributed by atoms with E-state index in [1.165, 1.54) is 0 Å². The van der Waals surface area contributed by atoms with Gasteiger partial charge in [-0.05, 0) is 35.2 Å². The van der Waals surface area contributed by atoms with Gasteiger partial charge in [0.05, 0.1) is 0 Å². The standard InChI is InChI=1S/C18H16ClNO/c19-10-8-18(14-4-2-1-3-5-14)21-17-7-6-16-13-20-11-9-15(16)12-17/h1-7,9,11-13,18H,8,10H2. The molecule has 21 heavy (non-hydrogen) atoms. The van der Waals surface area contributed by atoms with Gasteiger partial charge in [-0.1, -0.05) is 30.3 Å². The van der Waals surface area contributed by atoms with Crippen LogP contribution in [0.25, 0.3) is 10.8 Å². The highest BCUT2D eigenvalue weighted by Gasteiger charge is 2.12. The number of hydrogen-bond donors (Lipinski definition) is 0. The molecule has 1 heterocycles. The van der Waals surface area contributed by atoms with Crippen molar-refractivity contribution in [3.63, 3.8) is 0 Å². The van der Waals surface area contributed by atoms with E-state index in [1.807, 2.05) is 48.7 Å². The van der Waals surface area contributed by atoms with Crippen molar-refractivity contribution in [1.29, 1.82) is 0 Å². The molecule has 0 radical (unpaired) electrons. The van der Waals surface area contributed by atoms with E-state index in [0.29, 0.717) is 5.88 Å². The van der Waals surface area contributed by atoms with Gasteiger partial charge in [0.25, 0.3) is 0 Å². The van der Waals surface area contributed by atoms with Crippen molar-refractivity contribution in [2.45, 2.75) is 12.5 Å². The molecule has 2 aromatic carbocycles. The number of alkyl halides is 1. The predicted octanol–water partition coefficient (Wildman–Crippen LogP) is 4.98. The number of halogens is 1. The molecule has 1 atom stereocenters. The average Bonchev–Trinajstić information content (AvgIpc) is 2.55. The van der Waals surface area contributed by atoms with Crippen LogP contribution in [-0.2, 0) is 0 Å². The molecule has 0 aliphatic rings. The Morgan fingerprint density at radius 1 is 1.00 bits per heavy atom. The molecule has 0 aliphatic carbocycles. The van der Waals surface area contributed by atoms with Gasteiger partial charge in [-0.15, -0.1) is 11.6 Å². The summed E-state index contributed by atoms with van der Waals surface area (Å²) in [5.41, 5.74) is 1.15. The predicted molar refractivity (Wildman–Crippen MR) is 86.9 cm³/mol. The quantitative estimate of drug-likeness (QED) is 0.619. The van der Waals surface area contributed by atoms with Gasteiger partial charge < -0.3 is 4.74 Å². The molecule has 2 nitrogen and oxygen atoms in total. The lowest BCUT2D eigenvalue weighted by molar-refractivity contribution is 0.202. The second-order valence-corrected chi connectivity index (χ2v) is 5.26. The Hall–Kier alpha value is -2.06. The molecular formula is C18H16ClNO. The lowest BCUT2D eigenvalue weighted by atomic mass is 10.1. The molecule has 0 saturated carbocycles. The summed E-state index contributed by atoms with van der Waals surface area (Å²) in [5, 5.41) is 2.23. The topological polar surface area (TPSA) is 22.1 Å². The third kappa shape index (κ3) is 3.34. The maximum Gasteiger partial charge on any atom is 0.125 e. The molecule has 106 valence electrons. The number of hydrogen-bond acceptors (Lipinski definition) is 2. The highest BCUT2D eigenvalue weighted by molar-refractivity contribution is 6.17. The van der Waals surface area contributed by atoms with E-state index in [2.05, 4.69) is 17.1 Å². The molecule has 0 spiro atoms. The zero-order valence-corrected chi connectivity index (χ0v) is 12.3. The molecule has 0 aliphatic heterocycles. The van der Waals surface area contributed by atoms with Crippen molar-refractivity contribution >= 4 is 22.4 Å². The third-order valence-electron chi connectivity index (χ3n) is 3.43. The van der Waals surface area contributed by atoms with Gasteiger partial charge in [0, 0.05) is 30.1 Å². The number of rotatable bonds is 5. The van der Waals surface area contributed by atoms with Gasteiger partial charge in [0.2, 0.25) is 0 Å². The van der Waals surface area contributed by atoms with E-state index in [4.69, 9.17) is 16.3 Å². The van der Waals surface area contributed by atoms with E-state index < -0.39 is 0 Å². The van der Waals surface area contributed by atoms with Gasteiger partial charge in [0.1, 0.15) is 11.9 Å². The molecule has 3 rings (SSSR count). The van der Waals surface area contributed by atoms with Crippen LogP contribution in [0, 0.1) is 0 Å². The van der Waals surface area contributed by atoms with Crippen LogP contribution in [0.3, 0.4) is 0 Å². The van der Waals surface area contributed by atoms with E-state index in [9.17, 15) is 0 Å². The number of pyridine rings is 1. The van der Waals surface area contributed by atoms with E-state index in [-0.39, 0.29) is 6.10 Å². The number of nitrogens with zero attached hydrogens (tertiary/aromatic N) is 1. The minimum Gasteiger partial charge on any atom is -0.486 e. The largest absolute Gasteiger partial charge is 0.486 e. The molecule has 0 N–H and O–H groups in total. The van der Waals surface area contributed by atoms with Crippen LogP contribution in [0.2, 0.25) is 0 Å². The zero-order chi connectivity index (χ0) is 14.5. The van der Waals surface area contributed by atoms with Crippen LogP contribution in [0.4, 0.5) is 0 Å². The van der Waals surface area contributed by atoms with Gasteiger partial charge >= 0.3 is 0 Å². The van der Waals surface area contributed by atoms with Gasteiger partial charge in [0.15, 0.2) is 0 Å². The lowest BCUT2D eigenvalue weighted by Crippen LogP contribution is -2.08. The summed E-state index contributed by atoms with van der Waals surface area (Å²) in [6.45, 7) is 0. The maximum atomic E-state index is 6.14. The van der Waals surface area contributed by atoms with Crippen molar-refractivity contribution in [2.24, 2.45) is 0 Å².